The van der Waals surface area contributed by atoms with Gasteiger partial charge < -0.3 is 5.32 Å². The zero-order valence-electron chi connectivity index (χ0n) is 24.5. The molecular weight excluding hydrogens is 518 g/mol. The number of nitrogens with one attached hydrogen (secondary N) is 1. The van der Waals surface area contributed by atoms with Crippen molar-refractivity contribution in [1.29, 1.82) is 0 Å². The van der Waals surface area contributed by atoms with Gasteiger partial charge in [0.2, 0.25) is 0 Å². The molecule has 8 aromatic rings. The van der Waals surface area contributed by atoms with E-state index in [-0.39, 0.29) is 0 Å². The molecule has 0 saturated heterocycles. The van der Waals surface area contributed by atoms with Gasteiger partial charge in [0.1, 0.15) is 0 Å². The standard InChI is InChI=1S/C42H33N/c1-2-3-25-43-34-24-23-33-38-29(34)19-12-22-32(38)41-36(27-13-6-4-7-14-27)39-30-20-10-17-26-18-11-21-31(35(26)30)40(39)37(42(33)41)28-15-8-5-9-16-28/h4-23,34,43H,2-3,24-25H2,1H3. The Morgan fingerprint density at radius 1 is 0.558 bits per heavy atom. The summed E-state index contributed by atoms with van der Waals surface area (Å²) in [6, 6.07) is 43.4. The Morgan fingerprint density at radius 2 is 1.12 bits per heavy atom. The lowest BCUT2D eigenvalue weighted by Crippen LogP contribution is -2.25. The molecule has 1 N–H and O–H groups in total. The fraction of sp³-hybridized carbons (Fsp3) is 0.143. The van der Waals surface area contributed by atoms with Gasteiger partial charge in [-0.3, -0.25) is 0 Å². The maximum atomic E-state index is 3.90. The van der Waals surface area contributed by atoms with Crippen molar-refractivity contribution in [3.63, 3.8) is 0 Å². The lowest BCUT2D eigenvalue weighted by Gasteiger charge is -2.22. The molecule has 0 amide bonds. The van der Waals surface area contributed by atoms with E-state index in [0.29, 0.717) is 6.04 Å². The van der Waals surface area contributed by atoms with Gasteiger partial charge in [-0.2, -0.15) is 0 Å². The molecule has 0 aromatic heterocycles. The predicted molar refractivity (Wildman–Crippen MR) is 186 cm³/mol. The molecule has 1 heteroatoms. The Kier molecular flexibility index (Phi) is 5.58. The van der Waals surface area contributed by atoms with Crippen molar-refractivity contribution in [2.24, 2.45) is 0 Å². The maximum Gasteiger partial charge on any atom is 0.0361 e. The summed E-state index contributed by atoms with van der Waals surface area (Å²) in [6.45, 7) is 3.33. The second-order valence-electron chi connectivity index (χ2n) is 12.2. The second kappa shape index (κ2) is 9.66. The maximum absolute atomic E-state index is 3.90. The quantitative estimate of drug-likeness (QED) is 0.203. The third kappa shape index (κ3) is 3.49. The molecule has 43 heavy (non-hydrogen) atoms. The summed E-state index contributed by atoms with van der Waals surface area (Å²) in [5.41, 5.74) is 6.77. The lowest BCUT2D eigenvalue weighted by atomic mass is 9.87. The van der Waals surface area contributed by atoms with Crippen LogP contribution in [0.1, 0.15) is 37.8 Å². The normalized spacial score (nSPS) is 14.9. The van der Waals surface area contributed by atoms with Crippen LogP contribution in [0.5, 0.6) is 0 Å². The molecule has 8 aromatic carbocycles. The van der Waals surface area contributed by atoms with Crippen molar-refractivity contribution in [2.75, 3.05) is 6.54 Å². The van der Waals surface area contributed by atoms with E-state index in [1.165, 1.54) is 99.7 Å². The van der Waals surface area contributed by atoms with Gasteiger partial charge in [0.15, 0.2) is 0 Å². The molecular formula is C42H33N. The summed E-state index contributed by atoms with van der Waals surface area (Å²) in [6.07, 6.45) is 5.96. The molecule has 1 aliphatic carbocycles. The van der Waals surface area contributed by atoms with Crippen LogP contribution in [0.4, 0.5) is 0 Å². The number of hydrogen-bond donors (Lipinski definition) is 1. The molecule has 0 heterocycles. The SMILES string of the molecule is CCCCNC1CC=c2c3c1cccc3c1c(-c3ccccc3)c3c4cccc5cccc(c3c(-c3ccccc3)c21)c54. The number of hydrogen-bond acceptors (Lipinski definition) is 1. The summed E-state index contributed by atoms with van der Waals surface area (Å²) < 4.78 is 0. The van der Waals surface area contributed by atoms with E-state index >= 15 is 0 Å². The highest BCUT2D eigenvalue weighted by Gasteiger charge is 2.28. The van der Waals surface area contributed by atoms with Gasteiger partial charge in [-0.25, -0.2) is 0 Å². The molecule has 0 aliphatic heterocycles. The fourth-order valence-electron chi connectivity index (χ4n) is 8.08. The third-order valence-corrected chi connectivity index (χ3v) is 9.83. The van der Waals surface area contributed by atoms with E-state index < -0.39 is 0 Å². The number of benzene rings is 6. The molecule has 0 spiro atoms. The summed E-state index contributed by atoms with van der Waals surface area (Å²) in [5.74, 6) is 0. The number of fused-ring (bicyclic) bond motifs is 6. The molecule has 1 unspecified atom stereocenters. The third-order valence-electron chi connectivity index (χ3n) is 9.83. The summed E-state index contributed by atoms with van der Waals surface area (Å²) in [4.78, 5) is 0. The van der Waals surface area contributed by atoms with Crippen LogP contribution in [-0.4, -0.2) is 6.54 Å². The van der Waals surface area contributed by atoms with Crippen LogP contribution in [0.2, 0.25) is 0 Å². The minimum atomic E-state index is 0.348. The Bertz CT molecular complexity index is 2360. The van der Waals surface area contributed by atoms with Gasteiger partial charge in [-0.1, -0.05) is 135 Å². The van der Waals surface area contributed by atoms with E-state index in [1.807, 2.05) is 0 Å². The van der Waals surface area contributed by atoms with Crippen molar-refractivity contribution in [2.45, 2.75) is 32.2 Å². The Balaban J connectivity index is 1.57. The van der Waals surface area contributed by atoms with Crippen molar-refractivity contribution in [3.05, 3.63) is 126 Å². The second-order valence-corrected chi connectivity index (χ2v) is 12.2. The molecule has 1 atom stereocenters. The minimum absolute atomic E-state index is 0.348. The van der Waals surface area contributed by atoms with Crippen LogP contribution in [0.15, 0.2) is 115 Å². The van der Waals surface area contributed by atoms with Gasteiger partial charge in [-0.05, 0) is 106 Å². The van der Waals surface area contributed by atoms with E-state index in [4.69, 9.17) is 0 Å². The Labute approximate surface area is 251 Å². The van der Waals surface area contributed by atoms with Crippen LogP contribution in [0, 0.1) is 0 Å². The van der Waals surface area contributed by atoms with E-state index in [0.717, 1.165) is 13.0 Å². The van der Waals surface area contributed by atoms with Gasteiger partial charge in [0.05, 0.1) is 0 Å². The van der Waals surface area contributed by atoms with Crippen LogP contribution in [0.25, 0.3) is 82.2 Å². The first-order chi connectivity index (χ1) is 21.3. The van der Waals surface area contributed by atoms with Gasteiger partial charge in [0, 0.05) is 6.04 Å². The average Bonchev–Trinajstić information content (AvgIpc) is 3.57. The van der Waals surface area contributed by atoms with Crippen LogP contribution in [-0.2, 0) is 0 Å². The first-order valence-electron chi connectivity index (χ1n) is 15.8. The van der Waals surface area contributed by atoms with Gasteiger partial charge >= 0.3 is 0 Å². The average molecular weight is 552 g/mol. The zero-order chi connectivity index (χ0) is 28.5. The topological polar surface area (TPSA) is 12.0 Å². The molecule has 0 fully saturated rings. The molecule has 0 radical (unpaired) electrons. The zero-order valence-corrected chi connectivity index (χ0v) is 24.5. The van der Waals surface area contributed by atoms with E-state index in [9.17, 15) is 0 Å². The molecule has 9 rings (SSSR count). The van der Waals surface area contributed by atoms with Crippen LogP contribution in [0.3, 0.4) is 0 Å². The largest absolute Gasteiger partial charge is 0.310 e. The summed E-state index contributed by atoms with van der Waals surface area (Å²) in [7, 11) is 0. The Hall–Kier alpha value is -4.72. The van der Waals surface area contributed by atoms with Crippen LogP contribution >= 0.6 is 0 Å². The first kappa shape index (κ1) is 24.8. The van der Waals surface area contributed by atoms with Crippen molar-refractivity contribution in [3.8, 4) is 22.3 Å². The fourth-order valence-corrected chi connectivity index (χ4v) is 8.08. The van der Waals surface area contributed by atoms with E-state index in [2.05, 4.69) is 134 Å². The van der Waals surface area contributed by atoms with Crippen molar-refractivity contribution < 1.29 is 0 Å². The van der Waals surface area contributed by atoms with Crippen molar-refractivity contribution in [1.82, 2.24) is 5.32 Å². The molecule has 1 nitrogen and oxygen atoms in total. The highest BCUT2D eigenvalue weighted by atomic mass is 14.9. The predicted octanol–water partition coefficient (Wildman–Crippen LogP) is 10.6. The highest BCUT2D eigenvalue weighted by Crippen LogP contribution is 2.52. The van der Waals surface area contributed by atoms with Crippen LogP contribution < -0.4 is 10.5 Å². The van der Waals surface area contributed by atoms with Gasteiger partial charge in [0.25, 0.3) is 0 Å². The molecule has 206 valence electrons. The highest BCUT2D eigenvalue weighted by molar-refractivity contribution is 6.42. The summed E-state index contributed by atoms with van der Waals surface area (Å²) in [5, 5.41) is 19.1. The van der Waals surface area contributed by atoms with E-state index in [1.54, 1.807) is 0 Å². The van der Waals surface area contributed by atoms with Gasteiger partial charge in [-0.15, -0.1) is 0 Å². The molecule has 1 aliphatic rings. The summed E-state index contributed by atoms with van der Waals surface area (Å²) >= 11 is 0. The Morgan fingerprint density at radius 3 is 1.74 bits per heavy atom. The number of unbranched alkanes of at least 4 members (excludes halogenated alkanes) is 1. The van der Waals surface area contributed by atoms with Crippen molar-refractivity contribution >= 4 is 59.9 Å². The minimum Gasteiger partial charge on any atom is -0.310 e. The molecule has 0 saturated carbocycles. The monoisotopic (exact) mass is 551 g/mol. The smallest absolute Gasteiger partial charge is 0.0361 e. The lowest BCUT2D eigenvalue weighted by molar-refractivity contribution is 0.533. The molecule has 0 bridgehead atoms. The number of rotatable bonds is 6. The first-order valence-corrected chi connectivity index (χ1v) is 15.8.